The average Bonchev–Trinajstić information content (AvgIpc) is 2.31. The molecule has 0 radical (unpaired) electrons. The molecule has 9 nitrogen and oxygen atoms in total. The lowest BCUT2D eigenvalue weighted by molar-refractivity contribution is -0.283. The van der Waals surface area contributed by atoms with Gasteiger partial charge in [0, 0.05) is 6.42 Å². The van der Waals surface area contributed by atoms with Gasteiger partial charge in [0.2, 0.25) is 5.79 Å². The molecule has 0 unspecified atom stereocenters. The van der Waals surface area contributed by atoms with E-state index in [1.807, 2.05) is 0 Å². The third-order valence-corrected chi connectivity index (χ3v) is 2.94. The lowest BCUT2D eigenvalue weighted by Crippen LogP contribution is -2.66. The standard InChI is InChI=1S/C9H18N2O7/c10-5-3(13)1-9(17,8(11)16)18-7(5)6(15)4(14)2-12/h3-7,12-15,17H,1-2,10H2,(H2,11,16)/t3-,4+,5+,6+,7+,9-/m0/s1. The molecule has 0 aromatic carbocycles. The van der Waals surface area contributed by atoms with Gasteiger partial charge in [-0.2, -0.15) is 0 Å². The highest BCUT2D eigenvalue weighted by molar-refractivity contribution is 5.81. The summed E-state index contributed by atoms with van der Waals surface area (Å²) in [7, 11) is 0. The molecule has 0 saturated carbocycles. The van der Waals surface area contributed by atoms with Crippen molar-refractivity contribution in [1.29, 1.82) is 0 Å². The Kier molecular flexibility index (Phi) is 4.61. The van der Waals surface area contributed by atoms with Crippen LogP contribution in [0.2, 0.25) is 0 Å². The SMILES string of the molecule is NC(=O)[C@]1(O)C[C@H](O)[C@@H](N)[C@H]([C@H](O)[C@H](O)CO)O1. The Morgan fingerprint density at radius 1 is 1.50 bits per heavy atom. The van der Waals surface area contributed by atoms with Gasteiger partial charge in [0.25, 0.3) is 5.91 Å². The number of ether oxygens (including phenoxy) is 1. The summed E-state index contributed by atoms with van der Waals surface area (Å²) in [6.45, 7) is -0.779. The number of amides is 1. The molecular formula is C9H18N2O7. The van der Waals surface area contributed by atoms with Crippen LogP contribution in [0.25, 0.3) is 0 Å². The van der Waals surface area contributed by atoms with E-state index in [0.29, 0.717) is 0 Å². The van der Waals surface area contributed by atoms with Crippen molar-refractivity contribution < 1.29 is 35.1 Å². The number of hydrogen-bond acceptors (Lipinski definition) is 8. The first-order valence-corrected chi connectivity index (χ1v) is 5.33. The van der Waals surface area contributed by atoms with Gasteiger partial charge in [-0.15, -0.1) is 0 Å². The molecule has 0 aliphatic carbocycles. The number of hydrogen-bond donors (Lipinski definition) is 7. The molecule has 6 atom stereocenters. The maximum absolute atomic E-state index is 11.0. The number of aliphatic hydroxyl groups is 5. The highest BCUT2D eigenvalue weighted by Crippen LogP contribution is 2.28. The number of nitrogens with two attached hydrogens (primary N) is 2. The van der Waals surface area contributed by atoms with Crippen LogP contribution in [0, 0.1) is 0 Å². The van der Waals surface area contributed by atoms with Gasteiger partial charge in [0.1, 0.15) is 18.3 Å². The fraction of sp³-hybridized carbons (Fsp3) is 0.889. The van der Waals surface area contributed by atoms with Crippen molar-refractivity contribution in [2.45, 2.75) is 42.7 Å². The van der Waals surface area contributed by atoms with Crippen molar-refractivity contribution in [3.63, 3.8) is 0 Å². The van der Waals surface area contributed by atoms with Crippen LogP contribution in [0.1, 0.15) is 6.42 Å². The number of primary amides is 1. The minimum Gasteiger partial charge on any atom is -0.394 e. The maximum atomic E-state index is 11.0. The first-order chi connectivity index (χ1) is 8.23. The van der Waals surface area contributed by atoms with E-state index in [1.165, 1.54) is 0 Å². The van der Waals surface area contributed by atoms with Crippen LogP contribution in [-0.4, -0.2) is 74.3 Å². The summed E-state index contributed by atoms with van der Waals surface area (Å²) < 4.78 is 4.88. The third-order valence-electron chi connectivity index (χ3n) is 2.94. The van der Waals surface area contributed by atoms with Gasteiger partial charge in [-0.1, -0.05) is 0 Å². The number of rotatable bonds is 4. The van der Waals surface area contributed by atoms with Gasteiger partial charge < -0.3 is 41.7 Å². The lowest BCUT2D eigenvalue weighted by Gasteiger charge is -2.43. The molecule has 0 aromatic heterocycles. The van der Waals surface area contributed by atoms with Crippen molar-refractivity contribution >= 4 is 5.91 Å². The molecule has 1 amide bonds. The van der Waals surface area contributed by atoms with Crippen LogP contribution in [-0.2, 0) is 9.53 Å². The first kappa shape index (κ1) is 15.2. The number of aliphatic hydroxyl groups excluding tert-OH is 4. The van der Waals surface area contributed by atoms with Crippen LogP contribution in [0.3, 0.4) is 0 Å². The second kappa shape index (κ2) is 5.45. The number of carbonyl (C=O) groups excluding carboxylic acids is 1. The van der Waals surface area contributed by atoms with E-state index >= 15 is 0 Å². The van der Waals surface area contributed by atoms with E-state index in [4.69, 9.17) is 21.3 Å². The molecule has 1 fully saturated rings. The van der Waals surface area contributed by atoms with Crippen molar-refractivity contribution in [2.75, 3.05) is 6.61 Å². The highest BCUT2D eigenvalue weighted by atomic mass is 16.6. The number of carbonyl (C=O) groups is 1. The second-order valence-electron chi connectivity index (χ2n) is 4.32. The topological polar surface area (TPSA) is 179 Å². The zero-order valence-electron chi connectivity index (χ0n) is 9.51. The van der Waals surface area contributed by atoms with Gasteiger partial charge in [-0.05, 0) is 0 Å². The summed E-state index contributed by atoms with van der Waals surface area (Å²) in [6, 6.07) is -1.15. The molecule has 0 bridgehead atoms. The van der Waals surface area contributed by atoms with E-state index < -0.39 is 55.2 Å². The maximum Gasteiger partial charge on any atom is 0.277 e. The average molecular weight is 266 g/mol. The molecule has 0 spiro atoms. The fourth-order valence-corrected chi connectivity index (χ4v) is 1.77. The Balaban J connectivity index is 2.92. The van der Waals surface area contributed by atoms with Crippen LogP contribution in [0.15, 0.2) is 0 Å². The van der Waals surface area contributed by atoms with Gasteiger partial charge in [-0.3, -0.25) is 4.79 Å². The van der Waals surface area contributed by atoms with E-state index in [0.717, 1.165) is 0 Å². The predicted octanol–water partition coefficient (Wildman–Crippen LogP) is -4.65. The van der Waals surface area contributed by atoms with Crippen LogP contribution < -0.4 is 11.5 Å². The third kappa shape index (κ3) is 2.78. The molecule has 0 aromatic rings. The van der Waals surface area contributed by atoms with E-state index in [2.05, 4.69) is 0 Å². The molecule has 1 heterocycles. The Morgan fingerprint density at radius 2 is 2.06 bits per heavy atom. The van der Waals surface area contributed by atoms with Crippen LogP contribution in [0.5, 0.6) is 0 Å². The van der Waals surface area contributed by atoms with E-state index in [9.17, 15) is 25.2 Å². The summed E-state index contributed by atoms with van der Waals surface area (Å²) >= 11 is 0. The van der Waals surface area contributed by atoms with Crippen molar-refractivity contribution in [3.05, 3.63) is 0 Å². The van der Waals surface area contributed by atoms with Gasteiger partial charge in [0.15, 0.2) is 0 Å². The fourth-order valence-electron chi connectivity index (χ4n) is 1.77. The zero-order chi connectivity index (χ0) is 14.1. The van der Waals surface area contributed by atoms with Gasteiger partial charge >= 0.3 is 0 Å². The molecule has 1 rings (SSSR count). The van der Waals surface area contributed by atoms with Crippen molar-refractivity contribution in [2.24, 2.45) is 11.5 Å². The monoisotopic (exact) mass is 266 g/mol. The predicted molar refractivity (Wildman–Crippen MR) is 56.7 cm³/mol. The van der Waals surface area contributed by atoms with Crippen LogP contribution >= 0.6 is 0 Å². The van der Waals surface area contributed by atoms with Gasteiger partial charge in [0.05, 0.1) is 18.8 Å². The second-order valence-corrected chi connectivity index (χ2v) is 4.32. The molecule has 1 aliphatic rings. The molecule has 1 saturated heterocycles. The largest absolute Gasteiger partial charge is 0.394 e. The Morgan fingerprint density at radius 3 is 2.50 bits per heavy atom. The van der Waals surface area contributed by atoms with Crippen molar-refractivity contribution in [3.8, 4) is 0 Å². The summed E-state index contributed by atoms with van der Waals surface area (Å²) in [6.07, 6.45) is -6.63. The molecule has 1 aliphatic heterocycles. The highest BCUT2D eigenvalue weighted by Gasteiger charge is 2.51. The minimum absolute atomic E-state index is 0.540. The normalized spacial score (nSPS) is 40.2. The zero-order valence-corrected chi connectivity index (χ0v) is 9.51. The Hall–Kier alpha value is -0.810. The van der Waals surface area contributed by atoms with Crippen molar-refractivity contribution in [1.82, 2.24) is 0 Å². The first-order valence-electron chi connectivity index (χ1n) is 5.33. The van der Waals surface area contributed by atoms with E-state index in [1.54, 1.807) is 0 Å². The molecule has 9 N–H and O–H groups in total. The summed E-state index contributed by atoms with van der Waals surface area (Å²) in [5.74, 6) is -3.72. The minimum atomic E-state index is -2.48. The molecular weight excluding hydrogens is 248 g/mol. The molecule has 106 valence electrons. The Labute approximate surface area is 103 Å². The quantitative estimate of drug-likeness (QED) is 0.265. The Bertz CT molecular complexity index is 315. The lowest BCUT2D eigenvalue weighted by atomic mass is 9.89. The van der Waals surface area contributed by atoms with Crippen LogP contribution in [0.4, 0.5) is 0 Å². The summed E-state index contributed by atoms with van der Waals surface area (Å²) in [4.78, 5) is 11.0. The summed E-state index contributed by atoms with van der Waals surface area (Å²) in [5, 5.41) is 47.0. The summed E-state index contributed by atoms with van der Waals surface area (Å²) in [5.41, 5.74) is 10.5. The smallest absolute Gasteiger partial charge is 0.277 e. The molecule has 9 heteroatoms. The molecule has 18 heavy (non-hydrogen) atoms. The van der Waals surface area contributed by atoms with Gasteiger partial charge in [-0.25, -0.2) is 0 Å². The van der Waals surface area contributed by atoms with E-state index in [-0.39, 0.29) is 0 Å².